The molecule has 0 spiro atoms. The first-order valence-electron chi connectivity index (χ1n) is 8.13. The fourth-order valence-electron chi connectivity index (χ4n) is 2.90. The van der Waals surface area contributed by atoms with Crippen molar-refractivity contribution < 1.29 is 9.59 Å². The van der Waals surface area contributed by atoms with Gasteiger partial charge in [-0.3, -0.25) is 14.5 Å². The molecule has 2 unspecified atom stereocenters. The topological polar surface area (TPSA) is 101 Å². The molecule has 5 N–H and O–H groups in total. The molecule has 0 saturated carbocycles. The maximum absolute atomic E-state index is 11.9. The lowest BCUT2D eigenvalue weighted by molar-refractivity contribution is -0.122. The number of amides is 2. The van der Waals surface area contributed by atoms with Crippen molar-refractivity contribution >= 4 is 17.5 Å². The largest absolute Gasteiger partial charge is 0.368 e. The summed E-state index contributed by atoms with van der Waals surface area (Å²) in [5.41, 5.74) is 12.9. The van der Waals surface area contributed by atoms with E-state index in [0.29, 0.717) is 19.4 Å². The Kier molecular flexibility index (Phi) is 6.12. The average Bonchev–Trinajstić information content (AvgIpc) is 2.94. The quantitative estimate of drug-likeness (QED) is 0.703. The van der Waals surface area contributed by atoms with Crippen LogP contribution in [-0.4, -0.2) is 35.3 Å². The van der Waals surface area contributed by atoms with Crippen molar-refractivity contribution in [2.24, 2.45) is 11.5 Å². The third-order valence-corrected chi connectivity index (χ3v) is 4.12. The molecule has 0 aliphatic carbocycles. The Bertz CT molecular complexity index is 559. The second-order valence-electron chi connectivity index (χ2n) is 6.30. The number of nitrogens with two attached hydrogens (primary N) is 2. The van der Waals surface area contributed by atoms with Crippen LogP contribution in [0.5, 0.6) is 0 Å². The molecule has 0 radical (unpaired) electrons. The first-order valence-corrected chi connectivity index (χ1v) is 8.13. The normalized spacial score (nSPS) is 19.5. The van der Waals surface area contributed by atoms with E-state index >= 15 is 0 Å². The summed E-state index contributed by atoms with van der Waals surface area (Å²) in [6.07, 6.45) is 2.89. The molecule has 1 saturated heterocycles. The highest BCUT2D eigenvalue weighted by molar-refractivity contribution is 5.90. The smallest absolute Gasteiger partial charge is 0.234 e. The van der Waals surface area contributed by atoms with Gasteiger partial charge >= 0.3 is 0 Å². The number of anilines is 1. The van der Waals surface area contributed by atoms with Crippen molar-refractivity contribution in [1.29, 1.82) is 0 Å². The van der Waals surface area contributed by atoms with Crippen LogP contribution in [0.3, 0.4) is 0 Å². The molecule has 1 aromatic carbocycles. The first kappa shape index (κ1) is 17.4. The number of hydrogen-bond donors (Lipinski definition) is 3. The molecule has 2 atom stereocenters. The van der Waals surface area contributed by atoms with Crippen molar-refractivity contribution in [3.63, 3.8) is 0 Å². The molecule has 1 aromatic rings. The summed E-state index contributed by atoms with van der Waals surface area (Å²) >= 11 is 0. The van der Waals surface area contributed by atoms with E-state index < -0.39 is 0 Å². The molecule has 23 heavy (non-hydrogen) atoms. The van der Waals surface area contributed by atoms with Crippen LogP contribution in [0.15, 0.2) is 24.3 Å². The maximum atomic E-state index is 11.9. The van der Waals surface area contributed by atoms with Gasteiger partial charge in [0, 0.05) is 24.7 Å². The Hall–Kier alpha value is -1.92. The van der Waals surface area contributed by atoms with Crippen molar-refractivity contribution in [1.82, 2.24) is 4.90 Å². The summed E-state index contributed by atoms with van der Waals surface area (Å²) in [5, 5.41) is 2.89. The Labute approximate surface area is 137 Å². The van der Waals surface area contributed by atoms with Gasteiger partial charge in [-0.05, 0) is 50.4 Å². The van der Waals surface area contributed by atoms with Crippen LogP contribution in [-0.2, 0) is 16.1 Å². The van der Waals surface area contributed by atoms with Gasteiger partial charge in [-0.1, -0.05) is 12.1 Å². The van der Waals surface area contributed by atoms with E-state index in [2.05, 4.69) is 10.2 Å². The molecule has 2 amide bonds. The van der Waals surface area contributed by atoms with Crippen molar-refractivity contribution in [3.8, 4) is 0 Å². The summed E-state index contributed by atoms with van der Waals surface area (Å²) < 4.78 is 0. The number of benzene rings is 1. The van der Waals surface area contributed by atoms with E-state index in [1.165, 1.54) is 0 Å². The van der Waals surface area contributed by atoms with E-state index in [4.69, 9.17) is 11.5 Å². The van der Waals surface area contributed by atoms with Gasteiger partial charge in [0.2, 0.25) is 11.8 Å². The monoisotopic (exact) mass is 318 g/mol. The molecule has 1 heterocycles. The fraction of sp³-hybridized carbons (Fsp3) is 0.529. The second kappa shape index (κ2) is 8.08. The molecule has 6 heteroatoms. The lowest BCUT2D eigenvalue weighted by Crippen LogP contribution is -2.39. The number of nitrogens with one attached hydrogen (secondary N) is 1. The van der Waals surface area contributed by atoms with Crippen LogP contribution in [0.25, 0.3) is 0 Å². The van der Waals surface area contributed by atoms with Crippen molar-refractivity contribution in [2.45, 2.75) is 51.2 Å². The number of primary amides is 1. The predicted molar refractivity (Wildman–Crippen MR) is 90.6 cm³/mol. The molecule has 6 nitrogen and oxygen atoms in total. The lowest BCUT2D eigenvalue weighted by Gasteiger charge is -2.22. The van der Waals surface area contributed by atoms with Crippen LogP contribution in [0.1, 0.15) is 38.2 Å². The van der Waals surface area contributed by atoms with Gasteiger partial charge in [-0.25, -0.2) is 0 Å². The summed E-state index contributed by atoms with van der Waals surface area (Å²) in [7, 11) is 0. The van der Waals surface area contributed by atoms with Crippen LogP contribution < -0.4 is 16.8 Å². The van der Waals surface area contributed by atoms with Crippen LogP contribution in [0.4, 0.5) is 5.69 Å². The highest BCUT2D eigenvalue weighted by Crippen LogP contribution is 2.21. The molecule has 0 aromatic heterocycles. The van der Waals surface area contributed by atoms with Gasteiger partial charge in [0.05, 0.1) is 6.04 Å². The lowest BCUT2D eigenvalue weighted by atomic mass is 10.1. The van der Waals surface area contributed by atoms with E-state index in [-0.39, 0.29) is 23.9 Å². The minimum Gasteiger partial charge on any atom is -0.368 e. The number of nitrogens with zero attached hydrogens (tertiary/aromatic N) is 1. The first-order chi connectivity index (χ1) is 11.0. The number of likely N-dealkylation sites (tertiary alicyclic amines) is 1. The average molecular weight is 318 g/mol. The van der Waals surface area contributed by atoms with E-state index in [1.807, 2.05) is 31.2 Å². The van der Waals surface area contributed by atoms with Crippen LogP contribution in [0, 0.1) is 0 Å². The SMILES string of the molecule is CC(N)CCC(=O)Nc1cccc(CN2CCCC2C(N)=O)c1. The van der Waals surface area contributed by atoms with Gasteiger partial charge in [0.15, 0.2) is 0 Å². The molecule has 1 aliphatic heterocycles. The summed E-state index contributed by atoms with van der Waals surface area (Å²) in [6, 6.07) is 7.55. The Balaban J connectivity index is 1.94. The highest BCUT2D eigenvalue weighted by Gasteiger charge is 2.28. The standard InChI is InChI=1S/C17H26N4O2/c1-12(18)7-8-16(22)20-14-5-2-4-13(10-14)11-21-9-3-6-15(21)17(19)23/h2,4-5,10,12,15H,3,6-9,11,18H2,1H3,(H2,19,23)(H,20,22). The molecule has 2 rings (SSSR count). The minimum atomic E-state index is -0.261. The Morgan fingerprint density at radius 3 is 2.91 bits per heavy atom. The number of rotatable bonds is 7. The predicted octanol–water partition coefficient (Wildman–Crippen LogP) is 1.20. The number of carbonyl (C=O) groups is 2. The molecule has 126 valence electrons. The molecule has 1 fully saturated rings. The molecular formula is C17H26N4O2. The Morgan fingerprint density at radius 2 is 2.22 bits per heavy atom. The third kappa shape index (κ3) is 5.33. The highest BCUT2D eigenvalue weighted by atomic mass is 16.2. The second-order valence-corrected chi connectivity index (χ2v) is 6.30. The zero-order valence-electron chi connectivity index (χ0n) is 13.6. The van der Waals surface area contributed by atoms with Gasteiger partial charge in [-0.15, -0.1) is 0 Å². The van der Waals surface area contributed by atoms with Gasteiger partial charge in [-0.2, -0.15) is 0 Å². The van der Waals surface area contributed by atoms with Crippen molar-refractivity contribution in [3.05, 3.63) is 29.8 Å². The van der Waals surface area contributed by atoms with Gasteiger partial charge < -0.3 is 16.8 Å². The van der Waals surface area contributed by atoms with Gasteiger partial charge in [0.1, 0.15) is 0 Å². The minimum absolute atomic E-state index is 0.0213. The van der Waals surface area contributed by atoms with Crippen molar-refractivity contribution in [2.75, 3.05) is 11.9 Å². The van der Waals surface area contributed by atoms with Gasteiger partial charge in [0.25, 0.3) is 0 Å². The summed E-state index contributed by atoms with van der Waals surface area (Å²) in [6.45, 7) is 3.43. The summed E-state index contributed by atoms with van der Waals surface area (Å²) in [4.78, 5) is 25.4. The number of carbonyl (C=O) groups excluding carboxylic acids is 2. The third-order valence-electron chi connectivity index (χ3n) is 4.12. The zero-order chi connectivity index (χ0) is 16.8. The summed E-state index contributed by atoms with van der Waals surface area (Å²) in [5.74, 6) is -0.293. The maximum Gasteiger partial charge on any atom is 0.234 e. The van der Waals surface area contributed by atoms with E-state index in [0.717, 1.165) is 30.6 Å². The zero-order valence-corrected chi connectivity index (χ0v) is 13.6. The van der Waals surface area contributed by atoms with E-state index in [9.17, 15) is 9.59 Å². The Morgan fingerprint density at radius 1 is 1.43 bits per heavy atom. The van der Waals surface area contributed by atoms with Crippen LogP contribution in [0.2, 0.25) is 0 Å². The number of hydrogen-bond acceptors (Lipinski definition) is 4. The molecule has 0 bridgehead atoms. The molecule has 1 aliphatic rings. The molecular weight excluding hydrogens is 292 g/mol. The van der Waals surface area contributed by atoms with Crippen LogP contribution >= 0.6 is 0 Å². The fourth-order valence-corrected chi connectivity index (χ4v) is 2.90. The van der Waals surface area contributed by atoms with E-state index in [1.54, 1.807) is 0 Å².